The van der Waals surface area contributed by atoms with Crippen LogP contribution in [0.15, 0.2) is 22.9 Å². The molecule has 0 radical (unpaired) electrons. The van der Waals surface area contributed by atoms with Gasteiger partial charge in [-0.05, 0) is 40.4 Å². The highest BCUT2D eigenvalue weighted by molar-refractivity contribution is 7.21. The van der Waals surface area contributed by atoms with E-state index in [4.69, 9.17) is 4.74 Å². The van der Waals surface area contributed by atoms with Gasteiger partial charge >= 0.3 is 5.97 Å². The monoisotopic (exact) mass is 278 g/mol. The van der Waals surface area contributed by atoms with Gasteiger partial charge in [0.1, 0.15) is 0 Å². The molecule has 0 saturated heterocycles. The zero-order valence-corrected chi connectivity index (χ0v) is 12.0. The van der Waals surface area contributed by atoms with Crippen LogP contribution in [0.2, 0.25) is 0 Å². The summed E-state index contributed by atoms with van der Waals surface area (Å²) in [6.07, 6.45) is 1.28. The van der Waals surface area contributed by atoms with Gasteiger partial charge in [0.25, 0.3) is 0 Å². The number of carbonyl (C=O) groups is 1. The summed E-state index contributed by atoms with van der Waals surface area (Å²) in [5.74, 6) is -0.128. The molecule has 0 unspecified atom stereocenters. The van der Waals surface area contributed by atoms with E-state index in [-0.39, 0.29) is 11.4 Å². The van der Waals surface area contributed by atoms with E-state index in [9.17, 15) is 4.79 Å². The number of fused-ring (bicyclic) bond motifs is 3. The summed E-state index contributed by atoms with van der Waals surface area (Å²) in [7, 11) is 1.45. The molecule has 94 valence electrons. The molecule has 0 spiro atoms. The van der Waals surface area contributed by atoms with Crippen molar-refractivity contribution in [2.75, 3.05) is 7.11 Å². The Balaban J connectivity index is 1.99. The van der Waals surface area contributed by atoms with Crippen LogP contribution in [0.3, 0.4) is 0 Å². The maximum Gasteiger partial charge on any atom is 0.305 e. The number of hydrogen-bond acceptors (Lipinski definition) is 4. The highest BCUT2D eigenvalue weighted by Crippen LogP contribution is 2.55. The van der Waals surface area contributed by atoms with E-state index in [2.05, 4.69) is 29.8 Å². The standard InChI is InChI=1S/C14H14O2S2/c1-14(6-3-11(15)16-2)9-4-7-17-12(9)13-10(14)5-8-18-13/h4-5,7-8H,3,6H2,1-2H3. The van der Waals surface area contributed by atoms with Crippen LogP contribution < -0.4 is 0 Å². The van der Waals surface area contributed by atoms with Crippen molar-refractivity contribution in [3.8, 4) is 9.75 Å². The van der Waals surface area contributed by atoms with E-state index >= 15 is 0 Å². The lowest BCUT2D eigenvalue weighted by Crippen LogP contribution is -2.21. The Morgan fingerprint density at radius 1 is 1.22 bits per heavy atom. The quantitative estimate of drug-likeness (QED) is 0.792. The largest absolute Gasteiger partial charge is 0.469 e. The predicted octanol–water partition coefficient (Wildman–Crippen LogP) is 4.05. The minimum Gasteiger partial charge on any atom is -0.469 e. The first-order valence-electron chi connectivity index (χ1n) is 5.90. The molecular weight excluding hydrogens is 264 g/mol. The second-order valence-corrected chi connectivity index (χ2v) is 6.57. The number of carbonyl (C=O) groups excluding carboxylic acids is 1. The van der Waals surface area contributed by atoms with Crippen molar-refractivity contribution in [2.24, 2.45) is 0 Å². The van der Waals surface area contributed by atoms with E-state index in [1.807, 2.05) is 0 Å². The van der Waals surface area contributed by atoms with Gasteiger partial charge in [-0.15, -0.1) is 22.7 Å². The second-order valence-electron chi connectivity index (χ2n) is 4.74. The zero-order chi connectivity index (χ0) is 12.8. The smallest absolute Gasteiger partial charge is 0.305 e. The SMILES string of the molecule is COC(=O)CCC1(C)c2ccsc2-c2sccc21. The van der Waals surface area contributed by atoms with Crippen LogP contribution in [0.5, 0.6) is 0 Å². The van der Waals surface area contributed by atoms with Crippen molar-refractivity contribution in [3.63, 3.8) is 0 Å². The fraction of sp³-hybridized carbons (Fsp3) is 0.357. The first-order chi connectivity index (χ1) is 8.66. The van der Waals surface area contributed by atoms with Gasteiger partial charge in [0.05, 0.1) is 7.11 Å². The molecule has 2 aromatic rings. The maximum atomic E-state index is 11.4. The van der Waals surface area contributed by atoms with Gasteiger partial charge < -0.3 is 4.74 Å². The van der Waals surface area contributed by atoms with E-state index in [0.717, 1.165) is 6.42 Å². The molecule has 0 N–H and O–H groups in total. The molecule has 4 heteroatoms. The highest BCUT2D eigenvalue weighted by atomic mass is 32.1. The Kier molecular flexibility index (Phi) is 2.79. The third-order valence-electron chi connectivity index (χ3n) is 3.78. The Labute approximate surface area is 114 Å². The maximum absolute atomic E-state index is 11.4. The Morgan fingerprint density at radius 2 is 1.78 bits per heavy atom. The fourth-order valence-corrected chi connectivity index (χ4v) is 4.95. The van der Waals surface area contributed by atoms with Gasteiger partial charge in [-0.25, -0.2) is 0 Å². The van der Waals surface area contributed by atoms with Crippen LogP contribution in [0.25, 0.3) is 9.75 Å². The van der Waals surface area contributed by atoms with Crippen LogP contribution >= 0.6 is 22.7 Å². The number of ether oxygens (including phenoxy) is 1. The average Bonchev–Trinajstić information content (AvgIpc) is 3.04. The third-order valence-corrected chi connectivity index (χ3v) is 5.78. The van der Waals surface area contributed by atoms with Gasteiger partial charge in [-0.3, -0.25) is 4.79 Å². The van der Waals surface area contributed by atoms with Crippen LogP contribution in [-0.4, -0.2) is 13.1 Å². The summed E-state index contributed by atoms with van der Waals surface area (Å²) >= 11 is 3.59. The van der Waals surface area contributed by atoms with Crippen molar-refractivity contribution in [3.05, 3.63) is 34.0 Å². The summed E-state index contributed by atoms with van der Waals surface area (Å²) in [5, 5.41) is 4.29. The van der Waals surface area contributed by atoms with E-state index in [1.165, 1.54) is 28.0 Å². The first-order valence-corrected chi connectivity index (χ1v) is 7.66. The molecule has 3 rings (SSSR count). The number of thiophene rings is 2. The normalized spacial score (nSPS) is 15.2. The topological polar surface area (TPSA) is 26.3 Å². The molecule has 0 aromatic carbocycles. The summed E-state index contributed by atoms with van der Waals surface area (Å²) in [4.78, 5) is 14.2. The first kappa shape index (κ1) is 11.9. The lowest BCUT2D eigenvalue weighted by Gasteiger charge is -2.25. The molecule has 1 aliphatic carbocycles. The molecule has 2 heterocycles. The number of hydrogen-bond donors (Lipinski definition) is 0. The van der Waals surface area contributed by atoms with Gasteiger partial charge in [0.2, 0.25) is 0 Å². The van der Waals surface area contributed by atoms with Gasteiger partial charge in [0, 0.05) is 21.6 Å². The summed E-state index contributed by atoms with van der Waals surface area (Å²) in [6, 6.07) is 4.40. The Bertz CT molecular complexity index is 554. The number of rotatable bonds is 3. The molecule has 2 nitrogen and oxygen atoms in total. The lowest BCUT2D eigenvalue weighted by atomic mass is 9.78. The van der Waals surface area contributed by atoms with Gasteiger partial charge in [-0.2, -0.15) is 0 Å². The molecule has 2 aromatic heterocycles. The van der Waals surface area contributed by atoms with Crippen molar-refractivity contribution in [1.82, 2.24) is 0 Å². The third kappa shape index (κ3) is 1.56. The summed E-state index contributed by atoms with van der Waals surface area (Å²) < 4.78 is 4.76. The Morgan fingerprint density at radius 3 is 2.28 bits per heavy atom. The van der Waals surface area contributed by atoms with Crippen molar-refractivity contribution in [2.45, 2.75) is 25.2 Å². The molecule has 0 saturated carbocycles. The Hall–Kier alpha value is -1.13. The van der Waals surface area contributed by atoms with Crippen LogP contribution in [0, 0.1) is 0 Å². The van der Waals surface area contributed by atoms with Crippen molar-refractivity contribution >= 4 is 28.6 Å². The van der Waals surface area contributed by atoms with Crippen molar-refractivity contribution in [1.29, 1.82) is 0 Å². The minimum atomic E-state index is -0.128. The number of methoxy groups -OCH3 is 1. The van der Waals surface area contributed by atoms with E-state index in [1.54, 1.807) is 22.7 Å². The lowest BCUT2D eigenvalue weighted by molar-refractivity contribution is -0.140. The molecule has 1 aliphatic rings. The van der Waals surface area contributed by atoms with Crippen LogP contribution in [0.4, 0.5) is 0 Å². The van der Waals surface area contributed by atoms with E-state index in [0.29, 0.717) is 6.42 Å². The summed E-state index contributed by atoms with van der Waals surface area (Å²) in [5.41, 5.74) is 2.72. The molecule has 0 aliphatic heterocycles. The average molecular weight is 278 g/mol. The molecule has 0 amide bonds. The molecular formula is C14H14O2S2. The predicted molar refractivity (Wildman–Crippen MR) is 75.3 cm³/mol. The summed E-state index contributed by atoms with van der Waals surface area (Å²) in [6.45, 7) is 2.24. The highest BCUT2D eigenvalue weighted by Gasteiger charge is 2.41. The van der Waals surface area contributed by atoms with Crippen LogP contribution in [0.1, 0.15) is 30.9 Å². The fourth-order valence-electron chi connectivity index (χ4n) is 2.71. The van der Waals surface area contributed by atoms with E-state index < -0.39 is 0 Å². The van der Waals surface area contributed by atoms with Gasteiger partial charge in [-0.1, -0.05) is 6.92 Å². The zero-order valence-electron chi connectivity index (χ0n) is 10.4. The minimum absolute atomic E-state index is 0.0289. The number of esters is 1. The molecule has 18 heavy (non-hydrogen) atoms. The molecule has 0 atom stereocenters. The van der Waals surface area contributed by atoms with Crippen molar-refractivity contribution < 1.29 is 9.53 Å². The molecule has 0 fully saturated rings. The van der Waals surface area contributed by atoms with Gasteiger partial charge in [0.15, 0.2) is 0 Å². The van der Waals surface area contributed by atoms with Crippen LogP contribution in [-0.2, 0) is 14.9 Å². The second kappa shape index (κ2) is 4.21. The molecule has 0 bridgehead atoms.